The van der Waals surface area contributed by atoms with Gasteiger partial charge in [-0.25, -0.2) is 9.97 Å². The Hall–Kier alpha value is -3.16. The average Bonchev–Trinajstić information content (AvgIpc) is 3.36. The van der Waals surface area contributed by atoms with Gasteiger partial charge in [-0.05, 0) is 48.6 Å². The number of para-hydroxylation sites is 1. The molecule has 1 fully saturated rings. The first kappa shape index (κ1) is 20.7. The minimum atomic E-state index is -0.491. The van der Waals surface area contributed by atoms with Gasteiger partial charge in [0.15, 0.2) is 0 Å². The van der Waals surface area contributed by atoms with Crippen LogP contribution in [0, 0.1) is 0 Å². The van der Waals surface area contributed by atoms with Gasteiger partial charge in [0.05, 0.1) is 23.4 Å². The molecule has 0 spiro atoms. The summed E-state index contributed by atoms with van der Waals surface area (Å²) in [4.78, 5) is 26.5. The quantitative estimate of drug-likeness (QED) is 0.477. The van der Waals surface area contributed by atoms with E-state index in [-0.39, 0.29) is 11.9 Å². The van der Waals surface area contributed by atoms with Crippen LogP contribution in [0.15, 0.2) is 60.2 Å². The summed E-state index contributed by atoms with van der Waals surface area (Å²) in [6.45, 7) is 0. The lowest BCUT2D eigenvalue weighted by Crippen LogP contribution is -2.45. The van der Waals surface area contributed by atoms with E-state index in [4.69, 9.17) is 0 Å². The molecular weight excluding hydrogens is 420 g/mol. The molecule has 0 unspecified atom stereocenters. The highest BCUT2D eigenvalue weighted by Gasteiger charge is 2.25. The molecule has 1 saturated carbocycles. The van der Waals surface area contributed by atoms with Crippen LogP contribution in [-0.4, -0.2) is 38.1 Å². The third kappa shape index (κ3) is 4.40. The number of amides is 1. The second-order valence-electron chi connectivity index (χ2n) is 8.18. The molecule has 0 saturated heterocycles. The zero-order chi connectivity index (χ0) is 21.9. The maximum atomic E-state index is 13.0. The Labute approximate surface area is 190 Å². The molecular formula is C25H24N4O2S. The van der Waals surface area contributed by atoms with Gasteiger partial charge < -0.3 is 10.4 Å². The van der Waals surface area contributed by atoms with Crippen LogP contribution in [0.2, 0.25) is 0 Å². The fourth-order valence-corrected chi connectivity index (χ4v) is 4.87. The predicted molar refractivity (Wildman–Crippen MR) is 126 cm³/mol. The molecule has 5 rings (SSSR count). The first-order valence-corrected chi connectivity index (χ1v) is 11.8. The fourth-order valence-electron chi connectivity index (χ4n) is 4.26. The van der Waals surface area contributed by atoms with E-state index < -0.39 is 6.10 Å². The lowest BCUT2D eigenvalue weighted by Gasteiger charge is -2.28. The summed E-state index contributed by atoms with van der Waals surface area (Å²) < 4.78 is 0. The van der Waals surface area contributed by atoms with Crippen molar-refractivity contribution in [2.24, 2.45) is 0 Å². The molecule has 1 aromatic carbocycles. The van der Waals surface area contributed by atoms with Gasteiger partial charge in [0.25, 0.3) is 5.91 Å². The standard InChI is InChI=1S/C25H24N4O2S/c30-23-8-4-3-7-20(23)29-24(31)22-14-17(18-5-1-2-6-19(18)28-22)13-16-9-10-21(27-15-16)25-26-11-12-32-25/h1-2,5-6,9-12,14-15,20,23,30H,3-4,7-8,13H2,(H,29,31)/t20-,23-/m0/s1. The Balaban J connectivity index is 1.42. The largest absolute Gasteiger partial charge is 0.391 e. The van der Waals surface area contributed by atoms with Gasteiger partial charge in [0, 0.05) is 23.2 Å². The number of aromatic nitrogens is 3. The smallest absolute Gasteiger partial charge is 0.270 e. The number of thiazole rings is 1. The number of carbonyl (C=O) groups excluding carboxylic acids is 1. The number of benzene rings is 1. The fraction of sp³-hybridized carbons (Fsp3) is 0.280. The third-order valence-corrected chi connectivity index (χ3v) is 6.75. The van der Waals surface area contributed by atoms with Gasteiger partial charge >= 0.3 is 0 Å². The normalized spacial score (nSPS) is 18.5. The Kier molecular flexibility index (Phi) is 5.92. The molecule has 2 N–H and O–H groups in total. The number of fused-ring (bicyclic) bond motifs is 1. The SMILES string of the molecule is O=C(N[C@H]1CCCC[C@@H]1O)c1cc(Cc2ccc(-c3nccs3)nc2)c2ccccc2n1. The summed E-state index contributed by atoms with van der Waals surface area (Å²) in [5.74, 6) is -0.236. The first-order chi connectivity index (χ1) is 15.7. The average molecular weight is 445 g/mol. The number of nitrogens with zero attached hydrogens (tertiary/aromatic N) is 3. The van der Waals surface area contributed by atoms with Crippen LogP contribution in [0.5, 0.6) is 0 Å². The summed E-state index contributed by atoms with van der Waals surface area (Å²) in [6, 6.07) is 13.5. The molecule has 6 nitrogen and oxygen atoms in total. The van der Waals surface area contributed by atoms with Crippen molar-refractivity contribution in [1.82, 2.24) is 20.3 Å². The molecule has 7 heteroatoms. The van der Waals surface area contributed by atoms with Crippen LogP contribution in [0.25, 0.3) is 21.6 Å². The van der Waals surface area contributed by atoms with Crippen molar-refractivity contribution in [2.75, 3.05) is 0 Å². The van der Waals surface area contributed by atoms with Crippen LogP contribution in [-0.2, 0) is 6.42 Å². The van der Waals surface area contributed by atoms with E-state index in [2.05, 4.69) is 26.3 Å². The molecule has 0 bridgehead atoms. The molecule has 162 valence electrons. The number of carbonyl (C=O) groups is 1. The van der Waals surface area contributed by atoms with Gasteiger partial charge in [0.2, 0.25) is 0 Å². The Morgan fingerprint density at radius 2 is 2.00 bits per heavy atom. The van der Waals surface area contributed by atoms with Gasteiger partial charge in [-0.1, -0.05) is 37.1 Å². The van der Waals surface area contributed by atoms with Crippen LogP contribution in [0.3, 0.4) is 0 Å². The van der Waals surface area contributed by atoms with Gasteiger partial charge in [0.1, 0.15) is 10.7 Å². The van der Waals surface area contributed by atoms with Gasteiger partial charge in [-0.15, -0.1) is 11.3 Å². The number of rotatable bonds is 5. The van der Waals surface area contributed by atoms with E-state index in [1.165, 1.54) is 0 Å². The van der Waals surface area contributed by atoms with Crippen LogP contribution in [0.1, 0.15) is 47.3 Å². The molecule has 1 amide bonds. The highest BCUT2D eigenvalue weighted by Crippen LogP contribution is 2.24. The van der Waals surface area contributed by atoms with E-state index in [0.29, 0.717) is 12.1 Å². The summed E-state index contributed by atoms with van der Waals surface area (Å²) in [6.07, 6.45) is 7.33. The summed E-state index contributed by atoms with van der Waals surface area (Å²) in [5.41, 5.74) is 4.09. The highest BCUT2D eigenvalue weighted by molar-refractivity contribution is 7.13. The molecule has 3 aromatic heterocycles. The predicted octanol–water partition coefficient (Wildman–Crippen LogP) is 4.38. The van der Waals surface area contributed by atoms with Crippen LogP contribution in [0.4, 0.5) is 0 Å². The minimum absolute atomic E-state index is 0.212. The van der Waals surface area contributed by atoms with Gasteiger partial charge in [-0.3, -0.25) is 9.78 Å². The number of hydrogen-bond donors (Lipinski definition) is 2. The number of nitrogens with one attached hydrogen (secondary N) is 1. The van der Waals surface area contributed by atoms with E-state index in [1.807, 2.05) is 48.0 Å². The number of aliphatic hydroxyl groups excluding tert-OH is 1. The number of hydrogen-bond acceptors (Lipinski definition) is 6. The molecule has 1 aliphatic rings. The molecule has 2 atom stereocenters. The van der Waals surface area contributed by atoms with Gasteiger partial charge in [-0.2, -0.15) is 0 Å². The Bertz CT molecular complexity index is 1220. The maximum absolute atomic E-state index is 13.0. The highest BCUT2D eigenvalue weighted by atomic mass is 32.1. The number of aliphatic hydroxyl groups is 1. The van der Waals surface area contributed by atoms with Crippen LogP contribution < -0.4 is 5.32 Å². The van der Waals surface area contributed by atoms with Crippen molar-refractivity contribution in [3.8, 4) is 10.7 Å². The summed E-state index contributed by atoms with van der Waals surface area (Å²) >= 11 is 1.56. The lowest BCUT2D eigenvalue weighted by molar-refractivity contribution is 0.0714. The third-order valence-electron chi connectivity index (χ3n) is 5.95. The molecule has 1 aliphatic carbocycles. The van der Waals surface area contributed by atoms with E-state index in [0.717, 1.165) is 58.4 Å². The molecule has 32 heavy (non-hydrogen) atoms. The van der Waals surface area contributed by atoms with E-state index in [1.54, 1.807) is 17.5 Å². The maximum Gasteiger partial charge on any atom is 0.270 e. The Morgan fingerprint density at radius 1 is 1.12 bits per heavy atom. The van der Waals surface area contributed by atoms with Crippen molar-refractivity contribution in [3.05, 3.63) is 77.1 Å². The van der Waals surface area contributed by atoms with Crippen LogP contribution >= 0.6 is 11.3 Å². The molecule has 0 radical (unpaired) electrons. The van der Waals surface area contributed by atoms with Crippen molar-refractivity contribution in [1.29, 1.82) is 0 Å². The monoisotopic (exact) mass is 444 g/mol. The molecule has 0 aliphatic heterocycles. The first-order valence-electron chi connectivity index (χ1n) is 10.9. The molecule has 4 aromatic rings. The lowest BCUT2D eigenvalue weighted by atomic mass is 9.92. The summed E-state index contributed by atoms with van der Waals surface area (Å²) in [5, 5.41) is 17.1. The second-order valence-corrected chi connectivity index (χ2v) is 9.08. The van der Waals surface area contributed by atoms with Crippen molar-refractivity contribution in [2.45, 2.75) is 44.2 Å². The second kappa shape index (κ2) is 9.14. The topological polar surface area (TPSA) is 88.0 Å². The zero-order valence-electron chi connectivity index (χ0n) is 17.6. The molecule has 3 heterocycles. The van der Waals surface area contributed by atoms with Crippen molar-refractivity contribution < 1.29 is 9.90 Å². The minimum Gasteiger partial charge on any atom is -0.391 e. The van der Waals surface area contributed by atoms with E-state index >= 15 is 0 Å². The Morgan fingerprint density at radius 3 is 2.78 bits per heavy atom. The zero-order valence-corrected chi connectivity index (χ0v) is 18.4. The van der Waals surface area contributed by atoms with Crippen molar-refractivity contribution in [3.63, 3.8) is 0 Å². The number of pyridine rings is 2. The van der Waals surface area contributed by atoms with E-state index in [9.17, 15) is 9.90 Å². The summed E-state index contributed by atoms with van der Waals surface area (Å²) in [7, 11) is 0. The van der Waals surface area contributed by atoms with Crippen molar-refractivity contribution >= 4 is 28.1 Å².